The number of para-hydroxylation sites is 1. The molecular formula is C63H40N4. The van der Waals surface area contributed by atoms with Crippen LogP contribution in [0.3, 0.4) is 0 Å². The smallest absolute Gasteiger partial charge is 0.165 e. The van der Waals surface area contributed by atoms with E-state index < -0.39 is 0 Å². The molecule has 11 aromatic carbocycles. The van der Waals surface area contributed by atoms with Crippen LogP contribution >= 0.6 is 0 Å². The summed E-state index contributed by atoms with van der Waals surface area (Å²) >= 11 is 0. The van der Waals surface area contributed by atoms with Crippen molar-refractivity contribution in [1.29, 1.82) is 0 Å². The molecule has 0 atom stereocenters. The highest BCUT2D eigenvalue weighted by molar-refractivity contribution is 6.16. The zero-order valence-electron chi connectivity index (χ0n) is 36.4. The molecule has 2 heterocycles. The second-order valence-corrected chi connectivity index (χ2v) is 17.2. The lowest BCUT2D eigenvalue weighted by atomic mass is 9.89. The molecule has 2 aromatic heterocycles. The van der Waals surface area contributed by atoms with Crippen LogP contribution in [0.4, 0.5) is 0 Å². The molecule has 0 spiro atoms. The summed E-state index contributed by atoms with van der Waals surface area (Å²) in [7, 11) is 0. The van der Waals surface area contributed by atoms with Crippen LogP contribution in [0.15, 0.2) is 243 Å². The molecule has 0 bridgehead atoms. The fourth-order valence-electron chi connectivity index (χ4n) is 9.94. The van der Waals surface area contributed by atoms with E-state index in [1.165, 1.54) is 38.1 Å². The summed E-state index contributed by atoms with van der Waals surface area (Å²) in [5, 5.41) is 9.26. The highest BCUT2D eigenvalue weighted by Gasteiger charge is 2.24. The maximum atomic E-state index is 5.50. The van der Waals surface area contributed by atoms with E-state index in [4.69, 9.17) is 15.0 Å². The first-order chi connectivity index (χ1) is 33.2. The summed E-state index contributed by atoms with van der Waals surface area (Å²) in [4.78, 5) is 16.2. The lowest BCUT2D eigenvalue weighted by Crippen LogP contribution is -2.04. The number of fused-ring (bicyclic) bond motifs is 6. The molecule has 0 aliphatic heterocycles. The van der Waals surface area contributed by atoms with Gasteiger partial charge in [0.25, 0.3) is 0 Å². The Balaban J connectivity index is 1.16. The monoisotopic (exact) mass is 852 g/mol. The molecule has 0 saturated carbocycles. The van der Waals surface area contributed by atoms with Gasteiger partial charge in [-0.1, -0.05) is 200 Å². The summed E-state index contributed by atoms with van der Waals surface area (Å²) in [6.07, 6.45) is 0. The van der Waals surface area contributed by atoms with Crippen molar-refractivity contribution < 1.29 is 0 Å². The third-order valence-corrected chi connectivity index (χ3v) is 13.2. The highest BCUT2D eigenvalue weighted by Crippen LogP contribution is 2.45. The van der Waals surface area contributed by atoms with E-state index >= 15 is 0 Å². The second kappa shape index (κ2) is 15.9. The fourth-order valence-corrected chi connectivity index (χ4v) is 9.94. The first-order valence-corrected chi connectivity index (χ1v) is 22.8. The van der Waals surface area contributed by atoms with Crippen molar-refractivity contribution in [2.45, 2.75) is 0 Å². The maximum absolute atomic E-state index is 5.50. The number of benzene rings is 11. The van der Waals surface area contributed by atoms with Gasteiger partial charge in [0.2, 0.25) is 0 Å². The number of hydrogen-bond donors (Lipinski definition) is 0. The Morgan fingerprint density at radius 2 is 0.791 bits per heavy atom. The van der Waals surface area contributed by atoms with Crippen molar-refractivity contribution in [3.63, 3.8) is 0 Å². The van der Waals surface area contributed by atoms with Crippen molar-refractivity contribution in [3.8, 4) is 73.2 Å². The van der Waals surface area contributed by atoms with E-state index in [0.29, 0.717) is 17.5 Å². The molecule has 13 rings (SSSR count). The van der Waals surface area contributed by atoms with Crippen LogP contribution in [0.2, 0.25) is 0 Å². The minimum atomic E-state index is 0.607. The van der Waals surface area contributed by atoms with E-state index in [1.807, 2.05) is 18.2 Å². The third kappa shape index (κ3) is 6.74. The van der Waals surface area contributed by atoms with Gasteiger partial charge in [-0.25, -0.2) is 15.0 Å². The van der Waals surface area contributed by atoms with Crippen molar-refractivity contribution in [1.82, 2.24) is 19.5 Å². The number of hydrogen-bond acceptors (Lipinski definition) is 3. The lowest BCUT2D eigenvalue weighted by Gasteiger charge is -2.20. The first kappa shape index (κ1) is 38.5. The molecule has 0 radical (unpaired) electrons. The summed E-state index contributed by atoms with van der Waals surface area (Å²) < 4.78 is 2.47. The van der Waals surface area contributed by atoms with Gasteiger partial charge in [0.05, 0.1) is 16.7 Å². The molecule has 0 fully saturated rings. The van der Waals surface area contributed by atoms with Gasteiger partial charge in [-0.2, -0.15) is 0 Å². The van der Waals surface area contributed by atoms with Gasteiger partial charge in [0, 0.05) is 32.8 Å². The molecule has 0 amide bonds. The SMILES string of the molecule is c1ccc(-c2cccc(-c3ccc4c(-n5c6ccccc6c6cc7ccccc7cc65)cc(-c5ccccc5)c(-c5nc(-c6ccccc6)nc(-c6ccc7ccccc7c6)n5)c4c3)c2)cc1. The van der Waals surface area contributed by atoms with Gasteiger partial charge < -0.3 is 4.57 Å². The summed E-state index contributed by atoms with van der Waals surface area (Å²) in [6, 6.07) is 86.8. The van der Waals surface area contributed by atoms with Crippen molar-refractivity contribution >= 4 is 54.1 Å². The van der Waals surface area contributed by atoms with E-state index in [-0.39, 0.29) is 0 Å². The van der Waals surface area contributed by atoms with Gasteiger partial charge in [0.15, 0.2) is 17.5 Å². The maximum Gasteiger partial charge on any atom is 0.165 e. The molecule has 0 unspecified atom stereocenters. The van der Waals surface area contributed by atoms with Gasteiger partial charge in [-0.3, -0.25) is 0 Å². The summed E-state index contributed by atoms with van der Waals surface area (Å²) in [6.45, 7) is 0. The van der Waals surface area contributed by atoms with Gasteiger partial charge in [-0.15, -0.1) is 0 Å². The quantitative estimate of drug-likeness (QED) is 0.160. The number of rotatable bonds is 7. The Hall–Kier alpha value is -8.99. The van der Waals surface area contributed by atoms with E-state index in [2.05, 4.69) is 229 Å². The van der Waals surface area contributed by atoms with Gasteiger partial charge in [-0.05, 0) is 103 Å². The normalized spacial score (nSPS) is 11.6. The first-order valence-electron chi connectivity index (χ1n) is 22.8. The van der Waals surface area contributed by atoms with E-state index in [0.717, 1.165) is 71.8 Å². The molecule has 4 nitrogen and oxygen atoms in total. The molecule has 4 heteroatoms. The standard InChI is InChI=1S/C63H40N4/c1-4-17-41(18-5-1)46-27-16-28-47(35-46)50-33-34-53-56(38-50)60(63-65-61(44-22-8-3-9-23-44)64-62(66-63)51-32-31-42-19-10-11-24-45(42)36-51)54(43-20-6-2-7-21-43)40-59(53)67-57-30-15-14-29-52(57)55-37-48-25-12-13-26-49(48)39-58(55)67/h1-40H. The topological polar surface area (TPSA) is 43.6 Å². The Bertz CT molecular complexity index is 4030. The molecular weight excluding hydrogens is 813 g/mol. The third-order valence-electron chi connectivity index (χ3n) is 13.2. The summed E-state index contributed by atoms with van der Waals surface area (Å²) in [5.74, 6) is 1.84. The molecule has 67 heavy (non-hydrogen) atoms. The average molecular weight is 853 g/mol. The van der Waals surface area contributed by atoms with Crippen LogP contribution in [-0.2, 0) is 0 Å². The van der Waals surface area contributed by atoms with Crippen molar-refractivity contribution in [2.75, 3.05) is 0 Å². The van der Waals surface area contributed by atoms with Crippen LogP contribution in [0.1, 0.15) is 0 Å². The number of aromatic nitrogens is 4. The molecule has 0 aliphatic carbocycles. The fraction of sp³-hybridized carbons (Fsp3) is 0. The zero-order chi connectivity index (χ0) is 44.3. The minimum absolute atomic E-state index is 0.607. The minimum Gasteiger partial charge on any atom is -0.309 e. The zero-order valence-corrected chi connectivity index (χ0v) is 36.4. The molecule has 0 N–H and O–H groups in total. The van der Waals surface area contributed by atoms with Crippen LogP contribution in [0.5, 0.6) is 0 Å². The second-order valence-electron chi connectivity index (χ2n) is 17.2. The largest absolute Gasteiger partial charge is 0.309 e. The van der Waals surface area contributed by atoms with Gasteiger partial charge >= 0.3 is 0 Å². The van der Waals surface area contributed by atoms with Gasteiger partial charge in [0.1, 0.15) is 0 Å². The number of nitrogens with zero attached hydrogens (tertiary/aromatic N) is 4. The average Bonchev–Trinajstić information content (AvgIpc) is 3.72. The Kier molecular flexibility index (Phi) is 9.14. The molecule has 0 aliphatic rings. The molecule has 312 valence electrons. The Labute approximate surface area is 387 Å². The van der Waals surface area contributed by atoms with Crippen molar-refractivity contribution in [2.24, 2.45) is 0 Å². The van der Waals surface area contributed by atoms with Crippen LogP contribution in [-0.4, -0.2) is 19.5 Å². The lowest BCUT2D eigenvalue weighted by molar-refractivity contribution is 1.08. The molecule has 0 saturated heterocycles. The predicted octanol–water partition coefficient (Wildman–Crippen LogP) is 16.4. The van der Waals surface area contributed by atoms with Crippen LogP contribution in [0.25, 0.3) is 127 Å². The molecule has 13 aromatic rings. The van der Waals surface area contributed by atoms with Crippen LogP contribution in [0, 0.1) is 0 Å². The van der Waals surface area contributed by atoms with E-state index in [1.54, 1.807) is 0 Å². The van der Waals surface area contributed by atoms with Crippen LogP contribution < -0.4 is 0 Å². The summed E-state index contributed by atoms with van der Waals surface area (Å²) in [5.41, 5.74) is 12.8. The highest BCUT2D eigenvalue weighted by atomic mass is 15.0. The Morgan fingerprint density at radius 3 is 1.54 bits per heavy atom. The van der Waals surface area contributed by atoms with E-state index in [9.17, 15) is 0 Å². The predicted molar refractivity (Wildman–Crippen MR) is 279 cm³/mol. The van der Waals surface area contributed by atoms with Crippen molar-refractivity contribution in [3.05, 3.63) is 243 Å². The Morgan fingerprint density at radius 1 is 0.254 bits per heavy atom.